The lowest BCUT2D eigenvalue weighted by Gasteiger charge is -2.05. The Labute approximate surface area is 86.3 Å². The summed E-state index contributed by atoms with van der Waals surface area (Å²) in [6, 6.07) is 7.74. The zero-order valence-corrected chi connectivity index (χ0v) is 8.97. The van der Waals surface area contributed by atoms with Crippen molar-refractivity contribution in [2.75, 3.05) is 6.61 Å². The Morgan fingerprint density at radius 3 is 2.92 bits per heavy atom. The van der Waals surface area contributed by atoms with Gasteiger partial charge in [-0.15, -0.1) is 0 Å². The van der Waals surface area contributed by atoms with Crippen LogP contribution in [0.3, 0.4) is 0 Å². The number of hydrogen-bond donors (Lipinski definition) is 0. The summed E-state index contributed by atoms with van der Waals surface area (Å²) in [5.74, 6) is 0.751. The van der Waals surface area contributed by atoms with Gasteiger partial charge in [0.15, 0.2) is 6.61 Å². The van der Waals surface area contributed by atoms with Gasteiger partial charge in [0.25, 0.3) is 0 Å². The van der Waals surface area contributed by atoms with Gasteiger partial charge in [-0.1, -0.05) is 22.0 Å². The summed E-state index contributed by atoms with van der Waals surface area (Å²) in [4.78, 5) is 0. The number of alkyl halides is 1. The van der Waals surface area contributed by atoms with E-state index in [1.807, 2.05) is 31.2 Å². The Bertz CT molecular complexity index is 330. The van der Waals surface area contributed by atoms with Crippen LogP contribution in [0.2, 0.25) is 0 Å². The van der Waals surface area contributed by atoms with Gasteiger partial charge in [0.2, 0.25) is 0 Å². The standard InChI is InChI=1S/C10H10BrNO/c1-8-2-3-10(13-5-4-12)6-9(8)7-11/h2-3,6H,5,7H2,1H3. The fourth-order valence-electron chi connectivity index (χ4n) is 0.997. The Kier molecular flexibility index (Phi) is 3.78. The summed E-state index contributed by atoms with van der Waals surface area (Å²) in [6.45, 7) is 2.15. The van der Waals surface area contributed by atoms with E-state index in [9.17, 15) is 0 Å². The molecule has 0 aliphatic carbocycles. The van der Waals surface area contributed by atoms with E-state index in [0.29, 0.717) is 0 Å². The van der Waals surface area contributed by atoms with Crippen molar-refractivity contribution >= 4 is 15.9 Å². The third-order valence-corrected chi connectivity index (χ3v) is 2.37. The van der Waals surface area contributed by atoms with Crippen LogP contribution in [-0.4, -0.2) is 6.61 Å². The largest absolute Gasteiger partial charge is 0.479 e. The van der Waals surface area contributed by atoms with E-state index in [1.54, 1.807) is 0 Å². The predicted octanol–water partition coefficient (Wildman–Crippen LogP) is 2.79. The summed E-state index contributed by atoms with van der Waals surface area (Å²) < 4.78 is 5.17. The van der Waals surface area contributed by atoms with Gasteiger partial charge in [-0.2, -0.15) is 5.26 Å². The molecule has 0 saturated carbocycles. The zero-order valence-electron chi connectivity index (χ0n) is 7.38. The smallest absolute Gasteiger partial charge is 0.174 e. The van der Waals surface area contributed by atoms with E-state index in [1.165, 1.54) is 11.1 Å². The minimum atomic E-state index is 0.102. The monoisotopic (exact) mass is 239 g/mol. The predicted molar refractivity (Wildman–Crippen MR) is 54.9 cm³/mol. The van der Waals surface area contributed by atoms with Crippen molar-refractivity contribution in [2.45, 2.75) is 12.3 Å². The van der Waals surface area contributed by atoms with Crippen LogP contribution in [0.4, 0.5) is 0 Å². The molecule has 0 aromatic heterocycles. The van der Waals surface area contributed by atoms with E-state index < -0.39 is 0 Å². The highest BCUT2D eigenvalue weighted by Gasteiger charge is 1.99. The molecule has 1 aromatic carbocycles. The molecule has 0 N–H and O–H groups in total. The lowest BCUT2D eigenvalue weighted by atomic mass is 10.1. The molecule has 0 heterocycles. The van der Waals surface area contributed by atoms with Crippen LogP contribution in [0.15, 0.2) is 18.2 Å². The van der Waals surface area contributed by atoms with Crippen molar-refractivity contribution in [2.24, 2.45) is 0 Å². The molecule has 0 aliphatic heterocycles. The third kappa shape index (κ3) is 2.74. The molecule has 0 fully saturated rings. The maximum Gasteiger partial charge on any atom is 0.174 e. The van der Waals surface area contributed by atoms with Gasteiger partial charge >= 0.3 is 0 Å². The van der Waals surface area contributed by atoms with E-state index >= 15 is 0 Å². The number of rotatable bonds is 3. The number of nitrogens with zero attached hydrogens (tertiary/aromatic N) is 1. The Morgan fingerprint density at radius 1 is 1.54 bits per heavy atom. The minimum Gasteiger partial charge on any atom is -0.479 e. The Hall–Kier alpha value is -1.01. The summed E-state index contributed by atoms with van der Waals surface area (Å²) >= 11 is 3.39. The molecule has 0 atom stereocenters. The number of aryl methyl sites for hydroxylation is 1. The molecule has 1 aromatic rings. The fraction of sp³-hybridized carbons (Fsp3) is 0.300. The van der Waals surface area contributed by atoms with E-state index in [0.717, 1.165) is 11.1 Å². The van der Waals surface area contributed by atoms with Crippen molar-refractivity contribution < 1.29 is 4.74 Å². The number of ether oxygens (including phenoxy) is 1. The molecule has 0 radical (unpaired) electrons. The van der Waals surface area contributed by atoms with Crippen LogP contribution in [0.5, 0.6) is 5.75 Å². The lowest BCUT2D eigenvalue weighted by Crippen LogP contribution is -1.94. The second kappa shape index (κ2) is 4.88. The van der Waals surface area contributed by atoms with Gasteiger partial charge in [0, 0.05) is 5.33 Å². The average Bonchev–Trinajstić information content (AvgIpc) is 2.16. The quantitative estimate of drug-likeness (QED) is 0.761. The molecule has 3 heteroatoms. The maximum absolute atomic E-state index is 8.32. The highest BCUT2D eigenvalue weighted by Crippen LogP contribution is 2.19. The fourth-order valence-corrected chi connectivity index (χ4v) is 1.60. The minimum absolute atomic E-state index is 0.102. The van der Waals surface area contributed by atoms with Crippen molar-refractivity contribution in [3.05, 3.63) is 29.3 Å². The maximum atomic E-state index is 8.32. The molecule has 0 amide bonds. The molecule has 68 valence electrons. The van der Waals surface area contributed by atoms with Gasteiger partial charge in [0.05, 0.1) is 0 Å². The first-order valence-corrected chi connectivity index (χ1v) is 5.05. The molecule has 0 aliphatic rings. The number of halogens is 1. The van der Waals surface area contributed by atoms with Crippen LogP contribution < -0.4 is 4.74 Å². The average molecular weight is 240 g/mol. The summed E-state index contributed by atoms with van der Waals surface area (Å²) in [6.07, 6.45) is 0. The summed E-state index contributed by atoms with van der Waals surface area (Å²) in [5, 5.41) is 9.13. The number of benzene rings is 1. The molecule has 13 heavy (non-hydrogen) atoms. The molecule has 0 bridgehead atoms. The second-order valence-corrected chi connectivity index (χ2v) is 3.23. The highest BCUT2D eigenvalue weighted by molar-refractivity contribution is 9.08. The first-order chi connectivity index (χ1) is 6.27. The van der Waals surface area contributed by atoms with Crippen LogP contribution >= 0.6 is 15.9 Å². The first-order valence-electron chi connectivity index (χ1n) is 3.93. The third-order valence-electron chi connectivity index (χ3n) is 1.77. The van der Waals surface area contributed by atoms with E-state index in [-0.39, 0.29) is 6.61 Å². The van der Waals surface area contributed by atoms with Crippen molar-refractivity contribution in [3.63, 3.8) is 0 Å². The first kappa shape index (κ1) is 10.1. The zero-order chi connectivity index (χ0) is 9.68. The van der Waals surface area contributed by atoms with Gasteiger partial charge in [-0.3, -0.25) is 0 Å². The van der Waals surface area contributed by atoms with Crippen LogP contribution in [0.25, 0.3) is 0 Å². The van der Waals surface area contributed by atoms with E-state index in [2.05, 4.69) is 15.9 Å². The molecular weight excluding hydrogens is 230 g/mol. The molecule has 2 nitrogen and oxygen atoms in total. The van der Waals surface area contributed by atoms with Crippen molar-refractivity contribution in [3.8, 4) is 11.8 Å². The number of nitriles is 1. The van der Waals surface area contributed by atoms with Gasteiger partial charge < -0.3 is 4.74 Å². The van der Waals surface area contributed by atoms with Crippen LogP contribution in [0, 0.1) is 18.3 Å². The Morgan fingerprint density at radius 2 is 2.31 bits per heavy atom. The number of hydrogen-bond acceptors (Lipinski definition) is 2. The second-order valence-electron chi connectivity index (χ2n) is 2.67. The van der Waals surface area contributed by atoms with E-state index in [4.69, 9.17) is 10.00 Å². The molecular formula is C10H10BrNO. The lowest BCUT2D eigenvalue weighted by molar-refractivity contribution is 0.368. The summed E-state index contributed by atoms with van der Waals surface area (Å²) in [5.41, 5.74) is 2.41. The molecule has 0 unspecified atom stereocenters. The molecule has 0 saturated heterocycles. The normalized spacial score (nSPS) is 9.31. The molecule has 0 spiro atoms. The summed E-state index contributed by atoms with van der Waals surface area (Å²) in [7, 11) is 0. The van der Waals surface area contributed by atoms with Crippen LogP contribution in [0.1, 0.15) is 11.1 Å². The molecule has 1 rings (SSSR count). The van der Waals surface area contributed by atoms with Crippen LogP contribution in [-0.2, 0) is 5.33 Å². The topological polar surface area (TPSA) is 33.0 Å². The highest BCUT2D eigenvalue weighted by atomic mass is 79.9. The van der Waals surface area contributed by atoms with Gasteiger partial charge in [0.1, 0.15) is 11.8 Å². The SMILES string of the molecule is Cc1ccc(OCC#N)cc1CBr. The van der Waals surface area contributed by atoms with Crippen molar-refractivity contribution in [1.29, 1.82) is 5.26 Å². The van der Waals surface area contributed by atoms with Gasteiger partial charge in [-0.25, -0.2) is 0 Å². The Balaban J connectivity index is 2.81. The van der Waals surface area contributed by atoms with Crippen molar-refractivity contribution in [1.82, 2.24) is 0 Å². The van der Waals surface area contributed by atoms with Gasteiger partial charge in [-0.05, 0) is 30.2 Å².